The van der Waals surface area contributed by atoms with E-state index in [0.29, 0.717) is 57.3 Å². The maximum atomic E-state index is 13.4. The van der Waals surface area contributed by atoms with Gasteiger partial charge in [-0.1, -0.05) is 30.3 Å². The number of nitrogens with zero attached hydrogens (tertiary/aromatic N) is 1. The predicted octanol–water partition coefficient (Wildman–Crippen LogP) is 6.41. The number of halogens is 6. The van der Waals surface area contributed by atoms with Crippen LogP contribution in [-0.2, 0) is 21.9 Å². The molecular weight excluding hydrogens is 552 g/mol. The van der Waals surface area contributed by atoms with Gasteiger partial charge in [-0.15, -0.1) is 0 Å². The van der Waals surface area contributed by atoms with Crippen LogP contribution < -0.4 is 11.1 Å². The number of likely N-dealkylation sites (tertiary alicyclic amines) is 1. The van der Waals surface area contributed by atoms with E-state index in [1.807, 2.05) is 30.3 Å². The summed E-state index contributed by atoms with van der Waals surface area (Å²) in [6.45, 7) is 2.08. The van der Waals surface area contributed by atoms with Gasteiger partial charge in [0.25, 0.3) is 0 Å². The summed E-state index contributed by atoms with van der Waals surface area (Å²) < 4.78 is 86.7. The van der Waals surface area contributed by atoms with Crippen LogP contribution in [0.4, 0.5) is 31.1 Å². The lowest BCUT2D eigenvalue weighted by Gasteiger charge is -2.41. The highest BCUT2D eigenvalue weighted by Gasteiger charge is 2.40. The molecule has 1 aliphatic carbocycles. The summed E-state index contributed by atoms with van der Waals surface area (Å²) in [5.41, 5.74) is 3.06. The summed E-state index contributed by atoms with van der Waals surface area (Å²) in [5.74, 6) is -0.556. The van der Waals surface area contributed by atoms with Gasteiger partial charge in [-0.3, -0.25) is 4.79 Å². The smallest absolute Gasteiger partial charge is 0.370 e. The first-order valence-corrected chi connectivity index (χ1v) is 13.6. The molecule has 224 valence electrons. The summed E-state index contributed by atoms with van der Waals surface area (Å²) in [6.07, 6.45) is -8.69. The summed E-state index contributed by atoms with van der Waals surface area (Å²) in [6, 6.07) is 10.0. The van der Waals surface area contributed by atoms with Crippen molar-refractivity contribution in [1.82, 2.24) is 10.2 Å². The number of amides is 3. The van der Waals surface area contributed by atoms with Crippen LogP contribution in [0.5, 0.6) is 0 Å². The van der Waals surface area contributed by atoms with E-state index >= 15 is 0 Å². The molecule has 0 spiro atoms. The highest BCUT2D eigenvalue weighted by Crippen LogP contribution is 2.40. The van der Waals surface area contributed by atoms with Crippen molar-refractivity contribution in [2.45, 2.75) is 75.5 Å². The SMILES string of the molecule is C[C@@H](O[C@H]1CCN(C(=O)[C@H]2CC[C@H](NC(N)=O)CC2)C[C@H]1c1ccccc1)c1cc(C(F)(F)F)cc(C(F)(F)F)c1. The fourth-order valence-electron chi connectivity index (χ4n) is 5.81. The Labute approximate surface area is 234 Å². The molecule has 1 saturated carbocycles. The summed E-state index contributed by atoms with van der Waals surface area (Å²) in [4.78, 5) is 26.3. The number of carbonyl (C=O) groups is 2. The minimum atomic E-state index is -4.96. The van der Waals surface area contributed by atoms with E-state index in [1.165, 1.54) is 6.92 Å². The number of piperidine rings is 1. The van der Waals surface area contributed by atoms with Crippen LogP contribution in [0.2, 0.25) is 0 Å². The number of ether oxygens (including phenoxy) is 1. The molecule has 1 saturated heterocycles. The van der Waals surface area contributed by atoms with Crippen molar-refractivity contribution in [3.63, 3.8) is 0 Å². The minimum Gasteiger partial charge on any atom is -0.370 e. The van der Waals surface area contributed by atoms with Gasteiger partial charge in [0.05, 0.1) is 23.3 Å². The summed E-state index contributed by atoms with van der Waals surface area (Å²) in [7, 11) is 0. The van der Waals surface area contributed by atoms with Gasteiger partial charge < -0.3 is 20.7 Å². The van der Waals surface area contributed by atoms with Crippen LogP contribution in [-0.4, -0.2) is 42.1 Å². The molecule has 3 atom stereocenters. The van der Waals surface area contributed by atoms with E-state index in [2.05, 4.69) is 5.32 Å². The molecular formula is C29H33F6N3O3. The molecule has 0 aromatic heterocycles. The number of benzene rings is 2. The average molecular weight is 586 g/mol. The van der Waals surface area contributed by atoms with Crippen LogP contribution >= 0.6 is 0 Å². The van der Waals surface area contributed by atoms with Crippen molar-refractivity contribution in [3.05, 3.63) is 70.8 Å². The lowest BCUT2D eigenvalue weighted by Crippen LogP contribution is -2.49. The largest absolute Gasteiger partial charge is 0.416 e. The van der Waals surface area contributed by atoms with E-state index in [-0.39, 0.29) is 35.4 Å². The molecule has 0 unspecified atom stereocenters. The summed E-state index contributed by atoms with van der Waals surface area (Å²) in [5, 5.41) is 2.68. The van der Waals surface area contributed by atoms with Gasteiger partial charge in [0.1, 0.15) is 0 Å². The van der Waals surface area contributed by atoms with Gasteiger partial charge >= 0.3 is 18.4 Å². The van der Waals surface area contributed by atoms with Crippen LogP contribution in [0.15, 0.2) is 48.5 Å². The molecule has 0 radical (unpaired) electrons. The Morgan fingerprint density at radius 2 is 1.51 bits per heavy atom. The van der Waals surface area contributed by atoms with Crippen LogP contribution in [0.25, 0.3) is 0 Å². The Morgan fingerprint density at radius 3 is 2.05 bits per heavy atom. The Balaban J connectivity index is 1.51. The first-order chi connectivity index (χ1) is 19.2. The topological polar surface area (TPSA) is 84.7 Å². The van der Waals surface area contributed by atoms with Crippen molar-refractivity contribution < 1.29 is 40.7 Å². The predicted molar refractivity (Wildman–Crippen MR) is 139 cm³/mol. The highest BCUT2D eigenvalue weighted by molar-refractivity contribution is 5.79. The zero-order chi connectivity index (χ0) is 29.9. The first kappa shape index (κ1) is 30.7. The highest BCUT2D eigenvalue weighted by atomic mass is 19.4. The third-order valence-corrected chi connectivity index (χ3v) is 7.97. The van der Waals surface area contributed by atoms with Gasteiger partial charge in [-0.25, -0.2) is 4.79 Å². The van der Waals surface area contributed by atoms with E-state index < -0.39 is 41.7 Å². The minimum absolute atomic E-state index is 0.0114. The van der Waals surface area contributed by atoms with Gasteiger partial charge in [0.15, 0.2) is 0 Å². The Hall–Kier alpha value is -3.28. The fourth-order valence-corrected chi connectivity index (χ4v) is 5.81. The molecule has 3 amide bonds. The van der Waals surface area contributed by atoms with Gasteiger partial charge in [-0.2, -0.15) is 26.3 Å². The van der Waals surface area contributed by atoms with Crippen molar-refractivity contribution in [2.24, 2.45) is 11.7 Å². The quantitative estimate of drug-likeness (QED) is 0.384. The van der Waals surface area contributed by atoms with Gasteiger partial charge in [-0.05, 0) is 68.4 Å². The molecule has 2 aromatic carbocycles. The second-order valence-corrected chi connectivity index (χ2v) is 10.8. The van der Waals surface area contributed by atoms with Crippen molar-refractivity contribution >= 4 is 11.9 Å². The molecule has 6 nitrogen and oxygen atoms in total. The molecule has 12 heteroatoms. The van der Waals surface area contributed by atoms with Crippen molar-refractivity contribution in [3.8, 4) is 0 Å². The monoisotopic (exact) mass is 585 g/mol. The number of alkyl halides is 6. The number of urea groups is 1. The van der Waals surface area contributed by atoms with E-state index in [1.54, 1.807) is 4.90 Å². The maximum Gasteiger partial charge on any atom is 0.416 e. The van der Waals surface area contributed by atoms with E-state index in [4.69, 9.17) is 10.5 Å². The normalized spacial score (nSPS) is 24.5. The standard InChI is InChI=1S/C29H33F6N3O3/c1-17(20-13-21(28(30,31)32)15-22(14-20)29(33,34)35)41-25-11-12-38(16-24(25)18-5-3-2-4-6-18)26(39)19-7-9-23(10-8-19)37-27(36)40/h2-6,13-15,17,19,23-25H,7-12,16H2,1H3,(H3,36,37,40)/t17-,19-,23-,24+,25+/m1/s1. The number of primary amides is 1. The molecule has 41 heavy (non-hydrogen) atoms. The van der Waals surface area contributed by atoms with Gasteiger partial charge in [0, 0.05) is 31.0 Å². The fraction of sp³-hybridized carbons (Fsp3) is 0.517. The number of nitrogens with two attached hydrogens (primary N) is 1. The molecule has 0 bridgehead atoms. The van der Waals surface area contributed by atoms with Crippen LogP contribution in [0.3, 0.4) is 0 Å². The second kappa shape index (κ2) is 12.3. The van der Waals surface area contributed by atoms with E-state index in [0.717, 1.165) is 5.56 Å². The lowest BCUT2D eigenvalue weighted by atomic mass is 9.83. The molecule has 1 aliphatic heterocycles. The number of rotatable bonds is 6. The third-order valence-electron chi connectivity index (χ3n) is 7.97. The number of carbonyl (C=O) groups excluding carboxylic acids is 2. The third kappa shape index (κ3) is 7.72. The second-order valence-electron chi connectivity index (χ2n) is 10.8. The zero-order valence-corrected chi connectivity index (χ0v) is 22.5. The summed E-state index contributed by atoms with van der Waals surface area (Å²) >= 11 is 0. The number of nitrogens with one attached hydrogen (secondary N) is 1. The molecule has 3 N–H and O–H groups in total. The Bertz CT molecular complexity index is 1180. The average Bonchev–Trinajstić information content (AvgIpc) is 2.92. The molecule has 1 heterocycles. The van der Waals surface area contributed by atoms with Crippen LogP contribution in [0.1, 0.15) is 73.3 Å². The maximum absolute atomic E-state index is 13.4. The van der Waals surface area contributed by atoms with E-state index in [9.17, 15) is 35.9 Å². The molecule has 2 aromatic rings. The van der Waals surface area contributed by atoms with Crippen LogP contribution in [0, 0.1) is 5.92 Å². The lowest BCUT2D eigenvalue weighted by molar-refractivity contribution is -0.143. The Morgan fingerprint density at radius 1 is 0.927 bits per heavy atom. The number of hydrogen-bond acceptors (Lipinski definition) is 3. The van der Waals surface area contributed by atoms with Crippen molar-refractivity contribution in [1.29, 1.82) is 0 Å². The van der Waals surface area contributed by atoms with Crippen molar-refractivity contribution in [2.75, 3.05) is 13.1 Å². The van der Waals surface area contributed by atoms with Gasteiger partial charge in [0.2, 0.25) is 5.91 Å². The molecule has 4 rings (SSSR count). The first-order valence-electron chi connectivity index (χ1n) is 13.6. The Kier molecular flexibility index (Phi) is 9.20. The molecule has 2 aliphatic rings. The molecule has 2 fully saturated rings. The zero-order valence-electron chi connectivity index (χ0n) is 22.5. The number of hydrogen-bond donors (Lipinski definition) is 2.